The number of carbonyl (C=O) groups excluding carboxylic acids is 1. The molecule has 1 aliphatic rings. The zero-order chi connectivity index (χ0) is 20.9. The van der Waals surface area contributed by atoms with Crippen molar-refractivity contribution in [1.82, 2.24) is 25.1 Å². The fourth-order valence-corrected chi connectivity index (χ4v) is 3.26. The Bertz CT molecular complexity index is 1020. The molecule has 10 nitrogen and oxygen atoms in total. The third kappa shape index (κ3) is 4.13. The minimum atomic E-state index is -0.715. The van der Waals surface area contributed by atoms with Crippen LogP contribution in [0.2, 0.25) is 0 Å². The monoisotopic (exact) mass is 412 g/mol. The van der Waals surface area contributed by atoms with E-state index in [2.05, 4.69) is 25.7 Å². The molecule has 1 aromatic carbocycles. The summed E-state index contributed by atoms with van der Waals surface area (Å²) in [6, 6.07) is 7.32. The molecular weight excluding hydrogens is 388 g/mol. The van der Waals surface area contributed by atoms with Gasteiger partial charge in [0.1, 0.15) is 18.2 Å². The second-order valence-corrected chi connectivity index (χ2v) is 6.85. The van der Waals surface area contributed by atoms with Crippen LogP contribution in [0.3, 0.4) is 0 Å². The topological polar surface area (TPSA) is 112 Å². The summed E-state index contributed by atoms with van der Waals surface area (Å²) in [4.78, 5) is 21.2. The number of rotatable bonds is 8. The molecule has 0 saturated heterocycles. The number of carbonyl (C=O) groups is 1. The molecule has 1 amide bonds. The van der Waals surface area contributed by atoms with E-state index >= 15 is 0 Å². The molecule has 2 aromatic heterocycles. The van der Waals surface area contributed by atoms with Crippen molar-refractivity contribution in [1.29, 1.82) is 0 Å². The first kappa shape index (κ1) is 19.9. The first-order valence-electron chi connectivity index (χ1n) is 9.76. The lowest BCUT2D eigenvalue weighted by Crippen LogP contribution is -2.49. The number of methoxy groups -OCH3 is 1. The first-order valence-corrected chi connectivity index (χ1v) is 9.76. The summed E-state index contributed by atoms with van der Waals surface area (Å²) in [5.74, 6) is 1.68. The third-order valence-corrected chi connectivity index (χ3v) is 4.76. The van der Waals surface area contributed by atoms with Crippen LogP contribution in [0.15, 0.2) is 36.8 Å². The number of ether oxygens (including phenoxy) is 3. The molecule has 3 aromatic rings. The molecule has 3 heterocycles. The van der Waals surface area contributed by atoms with E-state index in [1.165, 1.54) is 6.33 Å². The first-order chi connectivity index (χ1) is 14.7. The van der Waals surface area contributed by atoms with Crippen LogP contribution < -0.4 is 20.1 Å². The zero-order valence-electron chi connectivity index (χ0n) is 16.9. The smallest absolute Gasteiger partial charge is 0.265 e. The van der Waals surface area contributed by atoms with Gasteiger partial charge in [-0.05, 0) is 19.1 Å². The molecule has 0 bridgehead atoms. The Labute approximate surface area is 173 Å². The highest BCUT2D eigenvalue weighted by Gasteiger charge is 2.33. The molecule has 2 unspecified atom stereocenters. The van der Waals surface area contributed by atoms with Crippen LogP contribution in [-0.4, -0.2) is 64.7 Å². The van der Waals surface area contributed by atoms with Crippen LogP contribution in [0.5, 0.6) is 11.5 Å². The Balaban J connectivity index is 1.36. The molecule has 0 fully saturated rings. The number of benzene rings is 1. The molecule has 0 spiro atoms. The summed E-state index contributed by atoms with van der Waals surface area (Å²) < 4.78 is 18.4. The predicted molar refractivity (Wildman–Crippen MR) is 110 cm³/mol. The summed E-state index contributed by atoms with van der Waals surface area (Å²) in [5.41, 5.74) is 0.693. The van der Waals surface area contributed by atoms with E-state index in [0.29, 0.717) is 49.2 Å². The molecule has 0 saturated carbocycles. The molecule has 0 aliphatic carbocycles. The normalized spacial score (nSPS) is 17.7. The van der Waals surface area contributed by atoms with Gasteiger partial charge in [-0.1, -0.05) is 12.1 Å². The molecule has 4 rings (SSSR count). The standard InChI is InChI=1S/C20H24N6O4/c1-13-17(30-16-6-4-3-5-15(16)29-13)20(27)22-7-9-26-19-14(11-25-26)18(23-12-24-19)21-8-10-28-2/h3-6,11-13,17H,7-10H2,1-2H3,(H,22,27)(H,21,23,24). The van der Waals surface area contributed by atoms with Crippen molar-refractivity contribution in [3.63, 3.8) is 0 Å². The van der Waals surface area contributed by atoms with Crippen LogP contribution >= 0.6 is 0 Å². The quantitative estimate of drug-likeness (QED) is 0.531. The summed E-state index contributed by atoms with van der Waals surface area (Å²) in [6.07, 6.45) is 2.09. The van der Waals surface area contributed by atoms with Gasteiger partial charge in [0, 0.05) is 20.2 Å². The molecule has 158 valence electrons. The maximum Gasteiger partial charge on any atom is 0.265 e. The molecule has 10 heteroatoms. The number of nitrogens with zero attached hydrogens (tertiary/aromatic N) is 4. The largest absolute Gasteiger partial charge is 0.482 e. The minimum absolute atomic E-state index is 0.231. The lowest BCUT2D eigenvalue weighted by molar-refractivity contribution is -0.133. The molecular formula is C20H24N6O4. The van der Waals surface area contributed by atoms with Gasteiger partial charge in [0.05, 0.1) is 24.7 Å². The van der Waals surface area contributed by atoms with E-state index < -0.39 is 6.10 Å². The van der Waals surface area contributed by atoms with Crippen molar-refractivity contribution in [3.8, 4) is 11.5 Å². The van der Waals surface area contributed by atoms with E-state index in [1.54, 1.807) is 24.1 Å². The second-order valence-electron chi connectivity index (χ2n) is 6.85. The maximum atomic E-state index is 12.6. The van der Waals surface area contributed by atoms with Gasteiger partial charge in [-0.3, -0.25) is 4.79 Å². The maximum absolute atomic E-state index is 12.6. The van der Waals surface area contributed by atoms with E-state index in [0.717, 1.165) is 5.39 Å². The average molecular weight is 412 g/mol. The van der Waals surface area contributed by atoms with Gasteiger partial charge in [-0.2, -0.15) is 5.10 Å². The van der Waals surface area contributed by atoms with Crippen molar-refractivity contribution < 1.29 is 19.0 Å². The molecule has 2 atom stereocenters. The fraction of sp³-hybridized carbons (Fsp3) is 0.400. The van der Waals surface area contributed by atoms with E-state index in [4.69, 9.17) is 14.2 Å². The highest BCUT2D eigenvalue weighted by Crippen LogP contribution is 2.33. The number of fused-ring (bicyclic) bond motifs is 2. The molecule has 30 heavy (non-hydrogen) atoms. The Morgan fingerprint density at radius 3 is 2.80 bits per heavy atom. The van der Waals surface area contributed by atoms with Gasteiger partial charge in [0.25, 0.3) is 5.91 Å². The number of aromatic nitrogens is 4. The predicted octanol–water partition coefficient (Wildman–Crippen LogP) is 1.23. The van der Waals surface area contributed by atoms with Gasteiger partial charge in [0.15, 0.2) is 17.1 Å². The number of nitrogens with one attached hydrogen (secondary N) is 2. The SMILES string of the molecule is COCCNc1ncnc2c1cnn2CCNC(=O)C1Oc2ccccc2OC1C. The molecule has 2 N–H and O–H groups in total. The van der Waals surface area contributed by atoms with E-state index in [9.17, 15) is 4.79 Å². The van der Waals surface area contributed by atoms with Gasteiger partial charge in [-0.15, -0.1) is 0 Å². The van der Waals surface area contributed by atoms with Crippen molar-refractivity contribution in [2.24, 2.45) is 0 Å². The Morgan fingerprint density at radius 2 is 2.00 bits per heavy atom. The molecule has 0 radical (unpaired) electrons. The second kappa shape index (κ2) is 8.95. The van der Waals surface area contributed by atoms with Crippen LogP contribution in [0, 0.1) is 0 Å². The van der Waals surface area contributed by atoms with Crippen molar-refractivity contribution in [3.05, 3.63) is 36.8 Å². The average Bonchev–Trinajstić information content (AvgIpc) is 3.17. The summed E-state index contributed by atoms with van der Waals surface area (Å²) >= 11 is 0. The zero-order valence-corrected chi connectivity index (χ0v) is 16.9. The molecule has 1 aliphatic heterocycles. The van der Waals surface area contributed by atoms with Gasteiger partial charge in [-0.25, -0.2) is 14.6 Å². The fourth-order valence-electron chi connectivity index (χ4n) is 3.26. The summed E-state index contributed by atoms with van der Waals surface area (Å²) in [7, 11) is 1.65. The highest BCUT2D eigenvalue weighted by molar-refractivity contribution is 5.86. The Hall–Kier alpha value is -3.40. The van der Waals surface area contributed by atoms with E-state index in [1.807, 2.05) is 25.1 Å². The highest BCUT2D eigenvalue weighted by atomic mass is 16.6. The van der Waals surface area contributed by atoms with Crippen LogP contribution in [-0.2, 0) is 16.1 Å². The van der Waals surface area contributed by atoms with Gasteiger partial charge < -0.3 is 24.8 Å². The van der Waals surface area contributed by atoms with Gasteiger partial charge >= 0.3 is 0 Å². The van der Waals surface area contributed by atoms with Crippen LogP contribution in [0.4, 0.5) is 5.82 Å². The Morgan fingerprint density at radius 1 is 1.20 bits per heavy atom. The Kier molecular flexibility index (Phi) is 5.94. The van der Waals surface area contributed by atoms with Crippen molar-refractivity contribution in [2.45, 2.75) is 25.7 Å². The van der Waals surface area contributed by atoms with Crippen molar-refractivity contribution in [2.75, 3.05) is 32.1 Å². The van der Waals surface area contributed by atoms with Crippen molar-refractivity contribution >= 4 is 22.8 Å². The van der Waals surface area contributed by atoms with Crippen LogP contribution in [0.1, 0.15) is 6.92 Å². The number of amides is 1. The summed E-state index contributed by atoms with van der Waals surface area (Å²) in [5, 5.41) is 11.3. The lowest BCUT2D eigenvalue weighted by atomic mass is 10.1. The third-order valence-electron chi connectivity index (χ3n) is 4.76. The minimum Gasteiger partial charge on any atom is -0.482 e. The number of hydrogen-bond acceptors (Lipinski definition) is 8. The van der Waals surface area contributed by atoms with Gasteiger partial charge in [0.2, 0.25) is 6.10 Å². The number of anilines is 1. The van der Waals surface area contributed by atoms with Crippen LogP contribution in [0.25, 0.3) is 11.0 Å². The number of para-hydroxylation sites is 2. The lowest BCUT2D eigenvalue weighted by Gasteiger charge is -2.31. The summed E-state index contributed by atoms with van der Waals surface area (Å²) in [6.45, 7) is 3.86. The van der Waals surface area contributed by atoms with E-state index in [-0.39, 0.29) is 12.0 Å². The number of hydrogen-bond donors (Lipinski definition) is 2.